The number of fused-ring (bicyclic) bond motifs is 2. The molecule has 1 unspecified atom stereocenters. The van der Waals surface area contributed by atoms with E-state index in [9.17, 15) is 14.0 Å². The molecule has 0 aliphatic carbocycles. The molecule has 3 aromatic rings. The number of amides is 2. The molecule has 1 spiro atoms. The normalized spacial score (nSPS) is 19.9. The van der Waals surface area contributed by atoms with Gasteiger partial charge < -0.3 is 9.80 Å². The van der Waals surface area contributed by atoms with Gasteiger partial charge in [0.15, 0.2) is 4.87 Å². The Hall–Kier alpha value is -3.12. The molecule has 31 heavy (non-hydrogen) atoms. The first-order chi connectivity index (χ1) is 15.0. The van der Waals surface area contributed by atoms with E-state index >= 15 is 0 Å². The zero-order valence-electron chi connectivity index (χ0n) is 17.0. The van der Waals surface area contributed by atoms with Gasteiger partial charge in [0.05, 0.1) is 12.2 Å². The van der Waals surface area contributed by atoms with Crippen molar-refractivity contribution in [2.75, 3.05) is 17.2 Å². The van der Waals surface area contributed by atoms with Gasteiger partial charge in [-0.2, -0.15) is 0 Å². The second kappa shape index (κ2) is 7.54. The number of anilines is 1. The summed E-state index contributed by atoms with van der Waals surface area (Å²) in [7, 11) is 0. The molecule has 6 heteroatoms. The van der Waals surface area contributed by atoms with Crippen LogP contribution in [0.15, 0.2) is 72.8 Å². The van der Waals surface area contributed by atoms with Crippen molar-refractivity contribution in [2.24, 2.45) is 0 Å². The SMILES string of the molecule is Cc1ccccc1CN1C(=O)C2(SCCN2C(=O)c2cccc(F)c2)c2ccccc21. The summed E-state index contributed by atoms with van der Waals surface area (Å²) in [6, 6.07) is 21.3. The first kappa shape index (κ1) is 19.8. The van der Waals surface area contributed by atoms with Crippen LogP contribution in [-0.2, 0) is 16.2 Å². The maximum Gasteiger partial charge on any atom is 0.268 e. The van der Waals surface area contributed by atoms with E-state index in [1.165, 1.54) is 30.0 Å². The van der Waals surface area contributed by atoms with Crippen molar-refractivity contribution in [3.05, 3.63) is 101 Å². The van der Waals surface area contributed by atoms with E-state index in [2.05, 4.69) is 0 Å². The van der Waals surface area contributed by atoms with Crippen molar-refractivity contribution in [3.63, 3.8) is 0 Å². The van der Waals surface area contributed by atoms with Gasteiger partial charge >= 0.3 is 0 Å². The molecule has 4 nitrogen and oxygen atoms in total. The average molecular weight is 433 g/mol. The molecule has 2 amide bonds. The summed E-state index contributed by atoms with van der Waals surface area (Å²) in [6.07, 6.45) is 0. The molecule has 156 valence electrons. The van der Waals surface area contributed by atoms with Crippen LogP contribution in [0.4, 0.5) is 10.1 Å². The predicted molar refractivity (Wildman–Crippen MR) is 120 cm³/mol. The summed E-state index contributed by atoms with van der Waals surface area (Å²) in [4.78, 5) is 29.6. The highest BCUT2D eigenvalue weighted by atomic mass is 32.2. The zero-order valence-corrected chi connectivity index (χ0v) is 17.9. The van der Waals surface area contributed by atoms with Gasteiger partial charge in [0.25, 0.3) is 11.8 Å². The zero-order chi connectivity index (χ0) is 21.6. The second-order valence-electron chi connectivity index (χ2n) is 7.79. The van der Waals surface area contributed by atoms with Crippen LogP contribution in [0, 0.1) is 12.7 Å². The lowest BCUT2D eigenvalue weighted by Crippen LogP contribution is -2.50. The van der Waals surface area contributed by atoms with Gasteiger partial charge in [-0.05, 0) is 42.3 Å². The number of hydrogen-bond acceptors (Lipinski definition) is 3. The molecule has 0 aromatic heterocycles. The van der Waals surface area contributed by atoms with Gasteiger partial charge in [0, 0.05) is 23.4 Å². The molecule has 0 saturated carbocycles. The third-order valence-electron chi connectivity index (χ3n) is 6.01. The first-order valence-corrected chi connectivity index (χ1v) is 11.2. The van der Waals surface area contributed by atoms with Crippen LogP contribution in [-0.4, -0.2) is 29.0 Å². The lowest BCUT2D eigenvalue weighted by atomic mass is 10.0. The van der Waals surface area contributed by atoms with E-state index in [0.717, 1.165) is 22.4 Å². The summed E-state index contributed by atoms with van der Waals surface area (Å²) in [5, 5.41) is 0. The number of halogens is 1. The number of carbonyl (C=O) groups excluding carboxylic acids is 2. The van der Waals surface area contributed by atoms with Crippen LogP contribution in [0.5, 0.6) is 0 Å². The molecule has 0 bridgehead atoms. The average Bonchev–Trinajstić information content (AvgIpc) is 3.32. The minimum atomic E-state index is -1.12. The van der Waals surface area contributed by atoms with E-state index in [-0.39, 0.29) is 17.4 Å². The summed E-state index contributed by atoms with van der Waals surface area (Å²) < 4.78 is 13.8. The van der Waals surface area contributed by atoms with Crippen molar-refractivity contribution >= 4 is 29.3 Å². The molecular formula is C25H21FN2O2S. The van der Waals surface area contributed by atoms with Gasteiger partial charge in [-0.3, -0.25) is 9.59 Å². The quantitative estimate of drug-likeness (QED) is 0.601. The number of nitrogens with zero attached hydrogens (tertiary/aromatic N) is 2. The predicted octanol–water partition coefficient (Wildman–Crippen LogP) is 4.72. The summed E-state index contributed by atoms with van der Waals surface area (Å²) in [5.74, 6) is -0.278. The number of carbonyl (C=O) groups is 2. The van der Waals surface area contributed by atoms with Gasteiger partial charge in [-0.1, -0.05) is 48.5 Å². The van der Waals surface area contributed by atoms with E-state index in [0.29, 0.717) is 18.8 Å². The summed E-state index contributed by atoms with van der Waals surface area (Å²) >= 11 is 1.48. The summed E-state index contributed by atoms with van der Waals surface area (Å²) in [6.45, 7) is 2.90. The molecule has 5 rings (SSSR count). The van der Waals surface area contributed by atoms with Gasteiger partial charge in [-0.25, -0.2) is 4.39 Å². The molecule has 1 fully saturated rings. The van der Waals surface area contributed by atoms with Crippen molar-refractivity contribution in [1.29, 1.82) is 0 Å². The lowest BCUT2D eigenvalue weighted by Gasteiger charge is -2.33. The second-order valence-corrected chi connectivity index (χ2v) is 9.08. The van der Waals surface area contributed by atoms with Crippen molar-refractivity contribution in [2.45, 2.75) is 18.3 Å². The number of para-hydroxylation sites is 1. The Bertz CT molecular complexity index is 1200. The van der Waals surface area contributed by atoms with Crippen molar-refractivity contribution in [3.8, 4) is 0 Å². The number of rotatable bonds is 3. The van der Waals surface area contributed by atoms with Crippen molar-refractivity contribution in [1.82, 2.24) is 4.90 Å². The van der Waals surface area contributed by atoms with Gasteiger partial charge in [0.1, 0.15) is 5.82 Å². The van der Waals surface area contributed by atoms with Crippen LogP contribution in [0.3, 0.4) is 0 Å². The first-order valence-electron chi connectivity index (χ1n) is 10.2. The van der Waals surface area contributed by atoms with E-state index in [4.69, 9.17) is 0 Å². The minimum Gasteiger partial charge on any atom is -0.311 e. The Morgan fingerprint density at radius 1 is 1.06 bits per heavy atom. The third-order valence-corrected chi connectivity index (χ3v) is 7.43. The Morgan fingerprint density at radius 2 is 1.84 bits per heavy atom. The highest BCUT2D eigenvalue weighted by Gasteiger charge is 2.59. The smallest absolute Gasteiger partial charge is 0.268 e. The van der Waals surface area contributed by atoms with Crippen LogP contribution < -0.4 is 4.90 Å². The molecule has 0 N–H and O–H groups in total. The Morgan fingerprint density at radius 3 is 2.65 bits per heavy atom. The number of benzene rings is 3. The molecule has 2 aliphatic rings. The van der Waals surface area contributed by atoms with Crippen LogP contribution in [0.1, 0.15) is 27.0 Å². The van der Waals surface area contributed by atoms with E-state index in [1.807, 2.05) is 55.5 Å². The molecule has 2 heterocycles. The van der Waals surface area contributed by atoms with Crippen molar-refractivity contribution < 1.29 is 14.0 Å². The maximum atomic E-state index is 14.0. The topological polar surface area (TPSA) is 40.6 Å². The Kier molecular flexibility index (Phi) is 4.82. The molecule has 0 radical (unpaired) electrons. The minimum absolute atomic E-state index is 0.121. The van der Waals surface area contributed by atoms with Crippen LogP contribution in [0.25, 0.3) is 0 Å². The van der Waals surface area contributed by atoms with Gasteiger partial charge in [-0.15, -0.1) is 11.8 Å². The fourth-order valence-corrected chi connectivity index (χ4v) is 5.92. The number of aryl methyl sites for hydroxylation is 1. The highest BCUT2D eigenvalue weighted by Crippen LogP contribution is 2.54. The molecule has 1 atom stereocenters. The highest BCUT2D eigenvalue weighted by molar-refractivity contribution is 8.01. The standard InChI is InChI=1S/C25H21FN2O2S/c1-17-7-2-3-8-19(17)16-27-22-12-5-4-11-21(22)25(24(27)30)28(13-14-31-25)23(29)18-9-6-10-20(26)15-18/h2-12,15H,13-14,16H2,1H3. The maximum absolute atomic E-state index is 14.0. The number of hydrogen-bond donors (Lipinski definition) is 0. The number of thioether (sulfide) groups is 1. The Balaban J connectivity index is 1.59. The Labute approximate surface area is 184 Å². The van der Waals surface area contributed by atoms with E-state index < -0.39 is 10.7 Å². The van der Waals surface area contributed by atoms with E-state index in [1.54, 1.807) is 15.9 Å². The van der Waals surface area contributed by atoms with Crippen LogP contribution >= 0.6 is 11.8 Å². The molecule has 1 saturated heterocycles. The third kappa shape index (κ3) is 3.05. The fourth-order valence-electron chi connectivity index (χ4n) is 4.46. The van der Waals surface area contributed by atoms with Crippen LogP contribution in [0.2, 0.25) is 0 Å². The fraction of sp³-hybridized carbons (Fsp3) is 0.200. The largest absolute Gasteiger partial charge is 0.311 e. The molecule has 2 aliphatic heterocycles. The summed E-state index contributed by atoms with van der Waals surface area (Å²) in [5.41, 5.74) is 4.07. The van der Waals surface area contributed by atoms with Gasteiger partial charge in [0.2, 0.25) is 0 Å². The lowest BCUT2D eigenvalue weighted by molar-refractivity contribution is -0.123. The molecule has 3 aromatic carbocycles. The molecular weight excluding hydrogens is 411 g/mol. The monoisotopic (exact) mass is 432 g/mol.